The van der Waals surface area contributed by atoms with Gasteiger partial charge in [0.1, 0.15) is 5.75 Å². The van der Waals surface area contributed by atoms with Crippen molar-refractivity contribution in [2.24, 2.45) is 0 Å². The number of nitrogens with one attached hydrogen (secondary N) is 2. The van der Waals surface area contributed by atoms with Crippen LogP contribution in [0.5, 0.6) is 5.75 Å². The molecule has 0 unspecified atom stereocenters. The van der Waals surface area contributed by atoms with E-state index in [0.717, 1.165) is 16.9 Å². The summed E-state index contributed by atoms with van der Waals surface area (Å²) in [6.07, 6.45) is -0.475. The first-order valence-electron chi connectivity index (χ1n) is 13.7. The second-order valence-corrected chi connectivity index (χ2v) is 12.1. The van der Waals surface area contributed by atoms with Crippen molar-refractivity contribution in [1.82, 2.24) is 10.6 Å². The summed E-state index contributed by atoms with van der Waals surface area (Å²) in [4.78, 5) is 13.4. The van der Waals surface area contributed by atoms with Crippen LogP contribution in [0.3, 0.4) is 0 Å². The molecule has 3 N–H and O–H groups in total. The monoisotopic (exact) mass is 587 g/mol. The fourth-order valence-corrected chi connectivity index (χ4v) is 5.82. The summed E-state index contributed by atoms with van der Waals surface area (Å²) in [6.45, 7) is 0.765. The lowest BCUT2D eigenvalue weighted by Crippen LogP contribution is -2.48. The largest absolute Gasteiger partial charge is 0.497 e. The van der Waals surface area contributed by atoms with E-state index < -0.39 is 28.1 Å². The molecule has 0 radical (unpaired) electrons. The standard InChI is InChI=1S/C33H37N3O5S/c1-36(42(39,40)24-26-13-7-4-8-14-26)29-17-10-16-28(21-29)33(38)35-31(20-25-11-5-3-6-12-25)32(37)23-34-22-27-15-9-18-30(19-27)41-2/h3-19,21,31-32,34,37H,20,22-24H2,1-2H3,(H,35,38)/t31-,32+/m0/s1. The number of rotatable bonds is 14. The summed E-state index contributed by atoms with van der Waals surface area (Å²) >= 11 is 0. The first-order chi connectivity index (χ1) is 20.2. The third-order valence-corrected chi connectivity index (χ3v) is 8.72. The minimum absolute atomic E-state index is 0.158. The average molecular weight is 588 g/mol. The number of aliphatic hydroxyl groups excluding tert-OH is 1. The molecule has 0 aliphatic heterocycles. The topological polar surface area (TPSA) is 108 Å². The van der Waals surface area contributed by atoms with Crippen molar-refractivity contribution in [2.45, 2.75) is 30.9 Å². The lowest BCUT2D eigenvalue weighted by molar-refractivity contribution is 0.0830. The second kappa shape index (κ2) is 14.6. The van der Waals surface area contributed by atoms with Crippen molar-refractivity contribution in [3.05, 3.63) is 131 Å². The molecule has 0 saturated heterocycles. The Labute approximate surface area is 248 Å². The maximum atomic E-state index is 13.4. The van der Waals surface area contributed by atoms with Gasteiger partial charge in [-0.2, -0.15) is 0 Å². The summed E-state index contributed by atoms with van der Waals surface area (Å²) in [5.74, 6) is 0.192. The predicted octanol–water partition coefficient (Wildman–Crippen LogP) is 4.15. The van der Waals surface area contributed by atoms with Crippen LogP contribution in [0.4, 0.5) is 5.69 Å². The first-order valence-corrected chi connectivity index (χ1v) is 15.3. The Morgan fingerprint density at radius 1 is 0.857 bits per heavy atom. The molecule has 2 atom stereocenters. The van der Waals surface area contributed by atoms with Gasteiger partial charge >= 0.3 is 0 Å². The molecule has 0 aliphatic carbocycles. The summed E-state index contributed by atoms with van der Waals surface area (Å²) in [5.41, 5.74) is 3.32. The number of ether oxygens (including phenoxy) is 1. The highest BCUT2D eigenvalue weighted by Gasteiger charge is 2.24. The first kappa shape index (κ1) is 30.8. The number of aliphatic hydroxyl groups is 1. The number of sulfonamides is 1. The molecule has 4 aromatic rings. The lowest BCUT2D eigenvalue weighted by Gasteiger charge is -2.25. The molecule has 0 aromatic heterocycles. The van der Waals surface area contributed by atoms with Crippen molar-refractivity contribution < 1.29 is 23.1 Å². The number of nitrogens with zero attached hydrogens (tertiary/aromatic N) is 1. The van der Waals surface area contributed by atoms with Gasteiger partial charge in [-0.1, -0.05) is 78.9 Å². The molecule has 0 bridgehead atoms. The number of hydrogen-bond acceptors (Lipinski definition) is 6. The fourth-order valence-electron chi connectivity index (χ4n) is 4.58. The van der Waals surface area contributed by atoms with Gasteiger partial charge in [-0.05, 0) is 53.4 Å². The van der Waals surface area contributed by atoms with Gasteiger partial charge in [0.25, 0.3) is 5.91 Å². The van der Waals surface area contributed by atoms with E-state index in [1.807, 2.05) is 60.7 Å². The van der Waals surface area contributed by atoms with E-state index in [-0.39, 0.29) is 12.3 Å². The number of methoxy groups -OCH3 is 1. The van der Waals surface area contributed by atoms with Crippen LogP contribution in [0.15, 0.2) is 109 Å². The Bertz CT molecular complexity index is 1550. The number of hydrogen-bond donors (Lipinski definition) is 3. The molecule has 0 spiro atoms. The highest BCUT2D eigenvalue weighted by molar-refractivity contribution is 7.92. The molecule has 0 heterocycles. The van der Waals surface area contributed by atoms with Crippen molar-refractivity contribution >= 4 is 21.6 Å². The third kappa shape index (κ3) is 8.66. The van der Waals surface area contributed by atoms with Crippen LogP contribution in [-0.2, 0) is 28.7 Å². The maximum Gasteiger partial charge on any atom is 0.251 e. The van der Waals surface area contributed by atoms with Gasteiger partial charge in [0.2, 0.25) is 10.0 Å². The number of anilines is 1. The van der Waals surface area contributed by atoms with E-state index in [1.54, 1.807) is 55.6 Å². The predicted molar refractivity (Wildman–Crippen MR) is 166 cm³/mol. The van der Waals surface area contributed by atoms with E-state index in [2.05, 4.69) is 10.6 Å². The van der Waals surface area contributed by atoms with Crippen LogP contribution in [0, 0.1) is 0 Å². The van der Waals surface area contributed by atoms with Crippen LogP contribution >= 0.6 is 0 Å². The smallest absolute Gasteiger partial charge is 0.251 e. The molecular formula is C33H37N3O5S. The van der Waals surface area contributed by atoms with Crippen molar-refractivity contribution in [3.8, 4) is 5.75 Å². The fraction of sp³-hybridized carbons (Fsp3) is 0.242. The van der Waals surface area contributed by atoms with Crippen molar-refractivity contribution in [1.29, 1.82) is 0 Å². The normalized spacial score (nSPS) is 12.7. The average Bonchev–Trinajstić information content (AvgIpc) is 3.01. The maximum absolute atomic E-state index is 13.4. The van der Waals surface area contributed by atoms with E-state index in [9.17, 15) is 18.3 Å². The molecule has 0 aliphatic rings. The zero-order valence-electron chi connectivity index (χ0n) is 23.8. The Hall–Kier alpha value is -4.18. The molecule has 220 valence electrons. The molecule has 0 saturated carbocycles. The Morgan fingerprint density at radius 2 is 1.50 bits per heavy atom. The van der Waals surface area contributed by atoms with Gasteiger partial charge in [0.05, 0.1) is 30.7 Å². The molecule has 0 fully saturated rings. The Kier molecular flexibility index (Phi) is 10.7. The molecule has 4 rings (SSSR count). The third-order valence-electron chi connectivity index (χ3n) is 6.98. The Balaban J connectivity index is 1.45. The molecule has 1 amide bonds. The van der Waals surface area contributed by atoms with E-state index >= 15 is 0 Å². The molecular weight excluding hydrogens is 550 g/mol. The number of carbonyl (C=O) groups excluding carboxylic acids is 1. The van der Waals surface area contributed by atoms with Crippen molar-refractivity contribution in [3.63, 3.8) is 0 Å². The second-order valence-electron chi connectivity index (χ2n) is 10.1. The van der Waals surface area contributed by atoms with Gasteiger partial charge in [0, 0.05) is 25.7 Å². The Morgan fingerprint density at radius 3 is 2.19 bits per heavy atom. The van der Waals surface area contributed by atoms with Crippen LogP contribution < -0.4 is 19.7 Å². The quantitative estimate of drug-likeness (QED) is 0.205. The van der Waals surface area contributed by atoms with Crippen LogP contribution in [-0.4, -0.2) is 52.3 Å². The van der Waals surface area contributed by atoms with Crippen LogP contribution in [0.1, 0.15) is 27.0 Å². The van der Waals surface area contributed by atoms with E-state index in [1.165, 1.54) is 11.4 Å². The summed E-state index contributed by atoms with van der Waals surface area (Å²) in [5, 5.41) is 17.4. The number of benzene rings is 4. The van der Waals surface area contributed by atoms with Gasteiger partial charge in [-0.3, -0.25) is 9.10 Å². The summed E-state index contributed by atoms with van der Waals surface area (Å²) < 4.78 is 32.6. The highest BCUT2D eigenvalue weighted by Crippen LogP contribution is 2.21. The van der Waals surface area contributed by atoms with Gasteiger partial charge in [-0.15, -0.1) is 0 Å². The number of carbonyl (C=O) groups is 1. The molecule has 8 nitrogen and oxygen atoms in total. The lowest BCUT2D eigenvalue weighted by atomic mass is 10.00. The van der Waals surface area contributed by atoms with E-state index in [0.29, 0.717) is 29.8 Å². The van der Waals surface area contributed by atoms with Crippen LogP contribution in [0.2, 0.25) is 0 Å². The summed E-state index contributed by atoms with van der Waals surface area (Å²) in [6, 6.07) is 32.1. The highest BCUT2D eigenvalue weighted by atomic mass is 32.2. The van der Waals surface area contributed by atoms with Gasteiger partial charge in [-0.25, -0.2) is 8.42 Å². The SMILES string of the molecule is COc1cccc(CNC[C@@H](O)[C@H](Cc2ccccc2)NC(=O)c2cccc(N(C)S(=O)(=O)Cc3ccccc3)c2)c1. The molecule has 42 heavy (non-hydrogen) atoms. The van der Waals surface area contributed by atoms with Gasteiger partial charge < -0.3 is 20.5 Å². The minimum atomic E-state index is -3.68. The summed E-state index contributed by atoms with van der Waals surface area (Å²) in [7, 11) is -0.585. The van der Waals surface area contributed by atoms with Crippen LogP contribution in [0.25, 0.3) is 0 Å². The van der Waals surface area contributed by atoms with Crippen molar-refractivity contribution in [2.75, 3.05) is 25.0 Å². The zero-order chi connectivity index (χ0) is 30.0. The number of amides is 1. The molecule has 4 aromatic carbocycles. The minimum Gasteiger partial charge on any atom is -0.497 e. The molecule has 9 heteroatoms. The van der Waals surface area contributed by atoms with Gasteiger partial charge in [0.15, 0.2) is 0 Å². The van der Waals surface area contributed by atoms with E-state index in [4.69, 9.17) is 4.74 Å². The zero-order valence-corrected chi connectivity index (χ0v) is 24.6.